The van der Waals surface area contributed by atoms with E-state index in [9.17, 15) is 0 Å². The lowest BCUT2D eigenvalue weighted by Gasteiger charge is -2.12. The second-order valence-corrected chi connectivity index (χ2v) is 15.7. The molecule has 0 aliphatic heterocycles. The van der Waals surface area contributed by atoms with Gasteiger partial charge in [0.25, 0.3) is 0 Å². The molecule has 0 aliphatic rings. The molecular weight excluding hydrogens is 755 g/mol. The number of benzene rings is 9. The van der Waals surface area contributed by atoms with Crippen molar-refractivity contribution < 1.29 is 0 Å². The average molecular weight is 792 g/mol. The van der Waals surface area contributed by atoms with E-state index in [1.165, 1.54) is 21.8 Å². The van der Waals surface area contributed by atoms with E-state index < -0.39 is 0 Å². The lowest BCUT2D eigenvalue weighted by atomic mass is 10.0. The predicted molar refractivity (Wildman–Crippen MR) is 256 cm³/mol. The lowest BCUT2D eigenvalue weighted by molar-refractivity contribution is 0.953. The third kappa shape index (κ3) is 6.06. The van der Waals surface area contributed by atoms with Crippen LogP contribution < -0.4 is 0 Å². The van der Waals surface area contributed by atoms with Crippen LogP contribution in [0.1, 0.15) is 0 Å². The molecule has 0 bridgehead atoms. The topological polar surface area (TPSA) is 48.5 Å². The summed E-state index contributed by atoms with van der Waals surface area (Å²) in [6.45, 7) is 0. The Kier molecular flexibility index (Phi) is 8.42. The van der Waals surface area contributed by atoms with Crippen LogP contribution in [0.25, 0.3) is 111 Å². The van der Waals surface area contributed by atoms with Crippen LogP contribution in [0.5, 0.6) is 0 Å². The molecule has 0 saturated heterocycles. The second kappa shape index (κ2) is 14.7. The first kappa shape index (κ1) is 35.5. The molecule has 0 amide bonds. The van der Waals surface area contributed by atoms with Crippen molar-refractivity contribution in [3.05, 3.63) is 224 Å². The second-order valence-electron chi connectivity index (χ2n) is 15.7. The predicted octanol–water partition coefficient (Wildman–Crippen LogP) is 14.4. The summed E-state index contributed by atoms with van der Waals surface area (Å²) in [6.07, 6.45) is 0. The maximum atomic E-state index is 5.30. The summed E-state index contributed by atoms with van der Waals surface area (Å²) in [5.41, 5.74) is 14.2. The van der Waals surface area contributed by atoms with Gasteiger partial charge in [0.2, 0.25) is 5.95 Å². The Hall–Kier alpha value is -8.41. The molecule has 12 rings (SSSR count). The van der Waals surface area contributed by atoms with Gasteiger partial charge < -0.3 is 4.57 Å². The Morgan fingerprint density at radius 3 is 1.16 bits per heavy atom. The normalized spacial score (nSPS) is 11.5. The summed E-state index contributed by atoms with van der Waals surface area (Å²) in [5, 5.41) is 4.72. The molecular formula is C57H37N5. The number of nitrogens with zero attached hydrogens (tertiary/aromatic N) is 5. The average Bonchev–Trinajstić information content (AvgIpc) is 3.87. The van der Waals surface area contributed by atoms with Crippen molar-refractivity contribution in [1.29, 1.82) is 0 Å². The van der Waals surface area contributed by atoms with E-state index in [0.29, 0.717) is 17.6 Å². The fraction of sp³-hybridized carbons (Fsp3) is 0. The largest absolute Gasteiger partial charge is 0.309 e. The Balaban J connectivity index is 1.04. The molecule has 9 aromatic carbocycles. The molecule has 0 fully saturated rings. The van der Waals surface area contributed by atoms with Crippen molar-refractivity contribution in [3.8, 4) is 67.8 Å². The zero-order valence-corrected chi connectivity index (χ0v) is 33.6. The molecule has 290 valence electrons. The van der Waals surface area contributed by atoms with Crippen molar-refractivity contribution in [2.24, 2.45) is 0 Å². The standard InChI is InChI=1S/C57H37N5/c1-4-16-38(17-5-1)40-20-14-22-44(34-40)55-58-56(45-23-15-21-41(35-45)39-18-6-2-7-19-39)60-57(59-55)62-52-29-13-11-27-48(52)50-37-43(31-33-54(50)62)42-30-32-53-49(36-42)47-26-10-12-28-51(47)61(53)46-24-8-3-9-25-46/h1-37H. The molecule has 3 aromatic heterocycles. The maximum Gasteiger partial charge on any atom is 0.238 e. The molecule has 0 unspecified atom stereocenters. The molecule has 0 saturated carbocycles. The first-order valence-corrected chi connectivity index (χ1v) is 20.9. The highest BCUT2D eigenvalue weighted by Gasteiger charge is 2.20. The van der Waals surface area contributed by atoms with Crippen LogP contribution in [0.4, 0.5) is 0 Å². The first-order valence-electron chi connectivity index (χ1n) is 20.9. The van der Waals surface area contributed by atoms with Crippen LogP contribution in [0.2, 0.25) is 0 Å². The highest BCUT2D eigenvalue weighted by Crippen LogP contribution is 2.39. The van der Waals surface area contributed by atoms with Crippen molar-refractivity contribution >= 4 is 43.6 Å². The van der Waals surface area contributed by atoms with Gasteiger partial charge in [0, 0.05) is 38.4 Å². The monoisotopic (exact) mass is 791 g/mol. The fourth-order valence-corrected chi connectivity index (χ4v) is 9.04. The number of fused-ring (bicyclic) bond motifs is 6. The van der Waals surface area contributed by atoms with Crippen molar-refractivity contribution in [3.63, 3.8) is 0 Å². The van der Waals surface area contributed by atoms with Crippen LogP contribution in [0.15, 0.2) is 224 Å². The smallest absolute Gasteiger partial charge is 0.238 e. The van der Waals surface area contributed by atoms with E-state index in [-0.39, 0.29) is 0 Å². The number of para-hydroxylation sites is 3. The number of hydrogen-bond donors (Lipinski definition) is 0. The van der Waals surface area contributed by atoms with E-state index in [1.54, 1.807) is 0 Å². The summed E-state index contributed by atoms with van der Waals surface area (Å²) >= 11 is 0. The molecule has 0 atom stereocenters. The summed E-state index contributed by atoms with van der Waals surface area (Å²) in [7, 11) is 0. The Bertz CT molecular complexity index is 3520. The van der Waals surface area contributed by atoms with E-state index in [2.05, 4.69) is 221 Å². The minimum Gasteiger partial charge on any atom is -0.309 e. The summed E-state index contributed by atoms with van der Waals surface area (Å²) < 4.78 is 4.56. The summed E-state index contributed by atoms with van der Waals surface area (Å²) in [5.74, 6) is 1.78. The summed E-state index contributed by atoms with van der Waals surface area (Å²) in [6, 6.07) is 79.3. The van der Waals surface area contributed by atoms with Crippen LogP contribution >= 0.6 is 0 Å². The Labute approximate surface area is 358 Å². The van der Waals surface area contributed by atoms with E-state index in [1.807, 2.05) is 12.1 Å². The van der Waals surface area contributed by atoms with Crippen molar-refractivity contribution in [1.82, 2.24) is 24.1 Å². The first-order chi connectivity index (χ1) is 30.7. The van der Waals surface area contributed by atoms with E-state index in [4.69, 9.17) is 15.0 Å². The molecule has 0 spiro atoms. The van der Waals surface area contributed by atoms with Gasteiger partial charge in [-0.3, -0.25) is 4.57 Å². The van der Waals surface area contributed by atoms with Gasteiger partial charge in [-0.05, 0) is 94.0 Å². The van der Waals surface area contributed by atoms with Crippen molar-refractivity contribution in [2.45, 2.75) is 0 Å². The maximum absolute atomic E-state index is 5.30. The molecule has 5 nitrogen and oxygen atoms in total. The van der Waals surface area contributed by atoms with Gasteiger partial charge in [0.05, 0.1) is 22.1 Å². The minimum absolute atomic E-state index is 0.564. The van der Waals surface area contributed by atoms with Crippen LogP contribution in [0.3, 0.4) is 0 Å². The number of aromatic nitrogens is 5. The third-order valence-electron chi connectivity index (χ3n) is 12.0. The highest BCUT2D eigenvalue weighted by atomic mass is 15.2. The van der Waals surface area contributed by atoms with Gasteiger partial charge in [-0.15, -0.1) is 0 Å². The number of hydrogen-bond acceptors (Lipinski definition) is 3. The van der Waals surface area contributed by atoms with Crippen LogP contribution in [-0.4, -0.2) is 24.1 Å². The van der Waals surface area contributed by atoms with Gasteiger partial charge >= 0.3 is 0 Å². The van der Waals surface area contributed by atoms with Gasteiger partial charge in [0.1, 0.15) is 0 Å². The van der Waals surface area contributed by atoms with E-state index in [0.717, 1.165) is 72.0 Å². The minimum atomic E-state index is 0.564. The fourth-order valence-electron chi connectivity index (χ4n) is 9.04. The summed E-state index contributed by atoms with van der Waals surface area (Å²) in [4.78, 5) is 15.8. The Morgan fingerprint density at radius 1 is 0.242 bits per heavy atom. The quantitative estimate of drug-likeness (QED) is 0.162. The van der Waals surface area contributed by atoms with Crippen molar-refractivity contribution in [2.75, 3.05) is 0 Å². The Morgan fingerprint density at radius 2 is 0.629 bits per heavy atom. The van der Waals surface area contributed by atoms with Crippen LogP contribution in [-0.2, 0) is 0 Å². The molecule has 5 heteroatoms. The highest BCUT2D eigenvalue weighted by molar-refractivity contribution is 6.12. The van der Waals surface area contributed by atoms with Crippen LogP contribution in [0, 0.1) is 0 Å². The molecule has 12 aromatic rings. The number of rotatable bonds is 7. The third-order valence-corrected chi connectivity index (χ3v) is 12.0. The van der Waals surface area contributed by atoms with E-state index >= 15 is 0 Å². The zero-order valence-electron chi connectivity index (χ0n) is 33.6. The van der Waals surface area contributed by atoms with Gasteiger partial charge in [-0.1, -0.05) is 164 Å². The molecule has 3 heterocycles. The lowest BCUT2D eigenvalue weighted by Crippen LogP contribution is -2.06. The molecule has 0 radical (unpaired) electrons. The van der Waals surface area contributed by atoms with Gasteiger partial charge in [-0.25, -0.2) is 4.98 Å². The van der Waals surface area contributed by atoms with Gasteiger partial charge in [0.15, 0.2) is 11.6 Å². The molecule has 0 aliphatic carbocycles. The van der Waals surface area contributed by atoms with Gasteiger partial charge in [-0.2, -0.15) is 9.97 Å². The SMILES string of the molecule is c1ccc(-c2cccc(-c3nc(-c4cccc(-c5ccccc5)c4)nc(-n4c5ccccc5c5cc(-c6ccc7c(c6)c6ccccc6n7-c6ccccc6)ccc54)n3)c2)cc1. The molecule has 62 heavy (non-hydrogen) atoms. The zero-order chi connectivity index (χ0) is 41.0. The molecule has 0 N–H and O–H groups in total.